The largest absolute Gasteiger partial charge is 0.365 e. The lowest BCUT2D eigenvalue weighted by molar-refractivity contribution is -0.115. The lowest BCUT2D eigenvalue weighted by Gasteiger charge is -2.13. The summed E-state index contributed by atoms with van der Waals surface area (Å²) in [5, 5.41) is 13.5. The van der Waals surface area contributed by atoms with Crippen LogP contribution in [-0.4, -0.2) is 31.7 Å². The third-order valence-corrected chi connectivity index (χ3v) is 8.13. The number of rotatable bonds is 5. The van der Waals surface area contributed by atoms with Gasteiger partial charge in [0.05, 0.1) is 16.3 Å². The summed E-state index contributed by atoms with van der Waals surface area (Å²) in [6.45, 7) is 3.88. The lowest BCUT2D eigenvalue weighted by atomic mass is 9.95. The number of benzene rings is 1. The van der Waals surface area contributed by atoms with Gasteiger partial charge in [-0.3, -0.25) is 14.0 Å². The van der Waals surface area contributed by atoms with Gasteiger partial charge >= 0.3 is 0 Å². The van der Waals surface area contributed by atoms with Crippen LogP contribution in [0.5, 0.6) is 0 Å². The van der Waals surface area contributed by atoms with Gasteiger partial charge in [0, 0.05) is 10.3 Å². The van der Waals surface area contributed by atoms with E-state index in [9.17, 15) is 9.59 Å². The summed E-state index contributed by atoms with van der Waals surface area (Å²) in [5.41, 5.74) is 10.0. The van der Waals surface area contributed by atoms with Crippen LogP contribution < -0.4 is 11.1 Å². The van der Waals surface area contributed by atoms with Crippen LogP contribution in [0.15, 0.2) is 35.5 Å². The molecule has 3 N–H and O–H groups in total. The Morgan fingerprint density at radius 1 is 1.22 bits per heavy atom. The third kappa shape index (κ3) is 3.55. The standard InChI is InChI=1S/C23H23N5O2S2/c1-12-11-18-26-27-23(28(18)16-9-5-3-7-14(12)16)31-13(2)21(30)25-22-19(20(24)29)15-8-4-6-10-17(15)32-22/h3,5,7,9,11,13H,4,6,8,10H2,1-2H3,(H2,24,29)(H,25,30). The number of para-hydroxylation sites is 1. The predicted molar refractivity (Wildman–Crippen MR) is 129 cm³/mol. The first kappa shape index (κ1) is 21.0. The van der Waals surface area contributed by atoms with E-state index in [1.54, 1.807) is 0 Å². The summed E-state index contributed by atoms with van der Waals surface area (Å²) in [6, 6.07) is 10.1. The smallest absolute Gasteiger partial charge is 0.251 e. The van der Waals surface area contributed by atoms with Gasteiger partial charge in [0.2, 0.25) is 5.91 Å². The topological polar surface area (TPSA) is 102 Å². The van der Waals surface area contributed by atoms with Crippen molar-refractivity contribution in [2.45, 2.75) is 49.9 Å². The van der Waals surface area contributed by atoms with Gasteiger partial charge in [-0.1, -0.05) is 30.0 Å². The second kappa shape index (κ2) is 8.22. The molecule has 9 heteroatoms. The second-order valence-corrected chi connectivity index (χ2v) is 10.5. The molecule has 3 heterocycles. The molecule has 4 aromatic rings. The molecule has 1 atom stereocenters. The Bertz CT molecular complexity index is 1370. The molecule has 7 nitrogen and oxygen atoms in total. The van der Waals surface area contributed by atoms with Gasteiger partial charge in [-0.25, -0.2) is 0 Å². The maximum atomic E-state index is 13.0. The number of nitrogens with zero attached hydrogens (tertiary/aromatic N) is 3. The number of nitrogens with one attached hydrogen (secondary N) is 1. The fourth-order valence-electron chi connectivity index (χ4n) is 4.29. The van der Waals surface area contributed by atoms with Gasteiger partial charge in [0.1, 0.15) is 5.00 Å². The second-order valence-electron chi connectivity index (χ2n) is 8.05. The van der Waals surface area contributed by atoms with Gasteiger partial charge in [-0.05, 0) is 62.8 Å². The number of aryl methyl sites for hydroxylation is 2. The van der Waals surface area contributed by atoms with E-state index in [4.69, 9.17) is 5.73 Å². The highest BCUT2D eigenvalue weighted by molar-refractivity contribution is 8.00. The van der Waals surface area contributed by atoms with E-state index in [1.807, 2.05) is 35.6 Å². The van der Waals surface area contributed by atoms with Crippen molar-refractivity contribution in [3.63, 3.8) is 0 Å². The molecule has 5 rings (SSSR count). The summed E-state index contributed by atoms with van der Waals surface area (Å²) in [4.78, 5) is 26.3. The van der Waals surface area contributed by atoms with E-state index < -0.39 is 11.2 Å². The van der Waals surface area contributed by atoms with Gasteiger partial charge in [0.15, 0.2) is 10.8 Å². The van der Waals surface area contributed by atoms with Gasteiger partial charge in [-0.15, -0.1) is 21.5 Å². The number of hydrogen-bond acceptors (Lipinski definition) is 6. The fourth-order valence-corrected chi connectivity index (χ4v) is 6.46. The summed E-state index contributed by atoms with van der Waals surface area (Å²) >= 11 is 2.82. The highest BCUT2D eigenvalue weighted by Crippen LogP contribution is 2.38. The molecule has 0 spiro atoms. The van der Waals surface area contributed by atoms with E-state index in [1.165, 1.54) is 23.1 Å². The maximum Gasteiger partial charge on any atom is 0.251 e. The van der Waals surface area contributed by atoms with Crippen molar-refractivity contribution >= 4 is 56.5 Å². The lowest BCUT2D eigenvalue weighted by Crippen LogP contribution is -2.24. The Hall–Kier alpha value is -2.91. The van der Waals surface area contributed by atoms with Crippen LogP contribution in [0.2, 0.25) is 0 Å². The molecular formula is C23H23N5O2S2. The number of pyridine rings is 1. The highest BCUT2D eigenvalue weighted by Gasteiger charge is 2.27. The van der Waals surface area contributed by atoms with Gasteiger partial charge in [-0.2, -0.15) is 0 Å². The molecule has 1 aliphatic rings. The summed E-state index contributed by atoms with van der Waals surface area (Å²) < 4.78 is 1.98. The van der Waals surface area contributed by atoms with Crippen molar-refractivity contribution in [2.24, 2.45) is 5.73 Å². The Morgan fingerprint density at radius 3 is 2.81 bits per heavy atom. The minimum absolute atomic E-state index is 0.190. The Kier molecular flexibility index (Phi) is 5.38. The van der Waals surface area contributed by atoms with E-state index in [2.05, 4.69) is 28.5 Å². The van der Waals surface area contributed by atoms with Crippen molar-refractivity contribution in [1.82, 2.24) is 14.6 Å². The molecule has 2 amide bonds. The van der Waals surface area contributed by atoms with E-state index >= 15 is 0 Å². The van der Waals surface area contributed by atoms with Crippen LogP contribution in [0.3, 0.4) is 0 Å². The van der Waals surface area contributed by atoms with E-state index in [-0.39, 0.29) is 5.91 Å². The fraction of sp³-hybridized carbons (Fsp3) is 0.304. The first-order valence-electron chi connectivity index (χ1n) is 10.6. The first-order valence-corrected chi connectivity index (χ1v) is 12.3. The van der Waals surface area contributed by atoms with Crippen molar-refractivity contribution in [2.75, 3.05) is 5.32 Å². The summed E-state index contributed by atoms with van der Waals surface area (Å²) in [5.74, 6) is -0.672. The SMILES string of the molecule is Cc1cc2nnc(SC(C)C(=O)Nc3sc4c(c3C(N)=O)CCCC4)n2c2ccccc12. The zero-order chi connectivity index (χ0) is 22.4. The summed E-state index contributed by atoms with van der Waals surface area (Å²) in [6.07, 6.45) is 3.90. The minimum atomic E-state index is -0.481. The zero-order valence-corrected chi connectivity index (χ0v) is 19.5. The number of carbonyl (C=O) groups is 2. The van der Waals surface area contributed by atoms with Crippen LogP contribution in [0.4, 0.5) is 5.00 Å². The first-order chi connectivity index (χ1) is 15.4. The number of fused-ring (bicyclic) bond motifs is 4. The number of amides is 2. The van der Waals surface area contributed by atoms with Gasteiger partial charge in [0.25, 0.3) is 5.91 Å². The van der Waals surface area contributed by atoms with E-state index in [0.717, 1.165) is 58.2 Å². The van der Waals surface area contributed by atoms with Crippen LogP contribution in [0.1, 0.15) is 46.1 Å². The quantitative estimate of drug-likeness (QED) is 0.427. The molecule has 164 valence electrons. The van der Waals surface area contributed by atoms with Crippen LogP contribution in [0, 0.1) is 6.92 Å². The molecule has 1 aliphatic carbocycles. The average Bonchev–Trinajstić information content (AvgIpc) is 3.34. The predicted octanol–water partition coefficient (Wildman–Crippen LogP) is 4.35. The normalized spacial score (nSPS) is 14.4. The number of thioether (sulfide) groups is 1. The molecule has 1 aromatic carbocycles. The molecule has 0 saturated carbocycles. The molecule has 1 unspecified atom stereocenters. The monoisotopic (exact) mass is 465 g/mol. The third-order valence-electron chi connectivity index (χ3n) is 5.88. The molecule has 3 aromatic heterocycles. The van der Waals surface area contributed by atoms with Crippen molar-refractivity contribution in [3.05, 3.63) is 51.9 Å². The van der Waals surface area contributed by atoms with E-state index in [0.29, 0.717) is 15.7 Å². The number of hydrogen-bond donors (Lipinski definition) is 2. The maximum absolute atomic E-state index is 13.0. The highest BCUT2D eigenvalue weighted by atomic mass is 32.2. The molecule has 0 bridgehead atoms. The molecule has 0 radical (unpaired) electrons. The van der Waals surface area contributed by atoms with Crippen molar-refractivity contribution < 1.29 is 9.59 Å². The molecule has 0 saturated heterocycles. The minimum Gasteiger partial charge on any atom is -0.365 e. The Morgan fingerprint density at radius 2 is 2.00 bits per heavy atom. The molecule has 0 fully saturated rings. The number of thiophene rings is 1. The molecule has 0 aliphatic heterocycles. The average molecular weight is 466 g/mol. The number of primary amides is 1. The Labute approximate surface area is 193 Å². The van der Waals surface area contributed by atoms with Crippen molar-refractivity contribution in [3.8, 4) is 0 Å². The molecule has 32 heavy (non-hydrogen) atoms. The number of anilines is 1. The van der Waals surface area contributed by atoms with Gasteiger partial charge < -0.3 is 11.1 Å². The Balaban J connectivity index is 1.43. The van der Waals surface area contributed by atoms with Crippen LogP contribution >= 0.6 is 23.1 Å². The summed E-state index contributed by atoms with van der Waals surface area (Å²) in [7, 11) is 0. The number of nitrogens with two attached hydrogens (primary N) is 1. The molecular weight excluding hydrogens is 442 g/mol. The zero-order valence-electron chi connectivity index (χ0n) is 17.8. The van der Waals surface area contributed by atoms with Crippen molar-refractivity contribution in [1.29, 1.82) is 0 Å². The number of aromatic nitrogens is 3. The van der Waals surface area contributed by atoms with Crippen LogP contribution in [0.25, 0.3) is 16.6 Å². The number of carbonyl (C=O) groups excluding carboxylic acids is 2. The van der Waals surface area contributed by atoms with Crippen LogP contribution in [-0.2, 0) is 17.6 Å².